The maximum atomic E-state index is 13.1. The lowest BCUT2D eigenvalue weighted by Crippen LogP contribution is -2.12. The maximum Gasteiger partial charge on any atom is 0.224 e. The Morgan fingerprint density at radius 2 is 2.00 bits per heavy atom. The number of aromatic nitrogens is 1. The minimum absolute atomic E-state index is 0.212. The lowest BCUT2D eigenvalue weighted by atomic mass is 10.1. The third-order valence-electron chi connectivity index (χ3n) is 3.56. The van der Waals surface area contributed by atoms with Crippen molar-refractivity contribution in [2.24, 2.45) is 0 Å². The number of halogens is 1. The van der Waals surface area contributed by atoms with Gasteiger partial charge in [0, 0.05) is 24.1 Å². The molecule has 2 aromatic carbocycles. The van der Waals surface area contributed by atoms with Crippen LogP contribution in [0.3, 0.4) is 0 Å². The number of anilines is 1. The number of nitrogens with one attached hydrogen (secondary N) is 1. The van der Waals surface area contributed by atoms with Gasteiger partial charge in [0.15, 0.2) is 11.7 Å². The topological polar surface area (TPSA) is 55.1 Å². The molecule has 0 aliphatic heterocycles. The highest BCUT2D eigenvalue weighted by Crippen LogP contribution is 2.21. The van der Waals surface area contributed by atoms with Gasteiger partial charge in [-0.15, -0.1) is 0 Å². The van der Waals surface area contributed by atoms with Gasteiger partial charge in [-0.3, -0.25) is 4.79 Å². The molecule has 1 heterocycles. The van der Waals surface area contributed by atoms with Crippen LogP contribution in [0.4, 0.5) is 10.1 Å². The van der Waals surface area contributed by atoms with Crippen LogP contribution >= 0.6 is 0 Å². The van der Waals surface area contributed by atoms with Crippen molar-refractivity contribution in [3.63, 3.8) is 0 Å². The summed E-state index contributed by atoms with van der Waals surface area (Å²) in [6.07, 6.45) is 2.25. The highest BCUT2D eigenvalue weighted by molar-refractivity contribution is 5.90. The smallest absolute Gasteiger partial charge is 0.224 e. The van der Waals surface area contributed by atoms with Gasteiger partial charge in [-0.1, -0.05) is 35.9 Å². The van der Waals surface area contributed by atoms with Crippen LogP contribution in [-0.4, -0.2) is 10.9 Å². The zero-order valence-electron chi connectivity index (χ0n) is 13.3. The van der Waals surface area contributed by atoms with Gasteiger partial charge in [0.05, 0.1) is 6.20 Å². The molecule has 1 amide bonds. The van der Waals surface area contributed by atoms with E-state index in [1.165, 1.54) is 17.7 Å². The Kier molecular flexibility index (Phi) is 4.70. The van der Waals surface area contributed by atoms with Gasteiger partial charge in [-0.25, -0.2) is 9.37 Å². The molecular formula is C19H17FN2O2. The molecule has 24 heavy (non-hydrogen) atoms. The highest BCUT2D eigenvalue weighted by atomic mass is 19.1. The summed E-state index contributed by atoms with van der Waals surface area (Å²) in [5.41, 5.74) is 2.56. The molecule has 0 atom stereocenters. The van der Waals surface area contributed by atoms with E-state index in [4.69, 9.17) is 4.42 Å². The minimum Gasteiger partial charge on any atom is -0.441 e. The van der Waals surface area contributed by atoms with Gasteiger partial charge < -0.3 is 9.73 Å². The van der Waals surface area contributed by atoms with Crippen LogP contribution in [0.1, 0.15) is 17.9 Å². The van der Waals surface area contributed by atoms with Crippen LogP contribution in [0.25, 0.3) is 11.3 Å². The second-order valence-electron chi connectivity index (χ2n) is 5.54. The van der Waals surface area contributed by atoms with Crippen LogP contribution < -0.4 is 5.32 Å². The number of nitrogens with zero attached hydrogens (tertiary/aromatic N) is 1. The predicted molar refractivity (Wildman–Crippen MR) is 90.0 cm³/mol. The van der Waals surface area contributed by atoms with Crippen molar-refractivity contribution in [3.05, 3.63) is 72.0 Å². The largest absolute Gasteiger partial charge is 0.441 e. The van der Waals surface area contributed by atoms with Gasteiger partial charge in [0.25, 0.3) is 0 Å². The lowest BCUT2D eigenvalue weighted by molar-refractivity contribution is -0.116. The van der Waals surface area contributed by atoms with Crippen molar-refractivity contribution in [1.82, 2.24) is 4.98 Å². The fourth-order valence-electron chi connectivity index (χ4n) is 2.29. The predicted octanol–water partition coefficient (Wildman–Crippen LogP) is 4.36. The van der Waals surface area contributed by atoms with E-state index < -0.39 is 0 Å². The van der Waals surface area contributed by atoms with Gasteiger partial charge in [-0.05, 0) is 25.1 Å². The zero-order valence-corrected chi connectivity index (χ0v) is 13.3. The summed E-state index contributed by atoms with van der Waals surface area (Å²) < 4.78 is 18.8. The molecule has 1 aromatic heterocycles. The molecule has 0 bridgehead atoms. The van der Waals surface area contributed by atoms with E-state index in [1.54, 1.807) is 18.3 Å². The number of benzene rings is 2. The number of oxazole rings is 1. The van der Waals surface area contributed by atoms with E-state index in [-0.39, 0.29) is 18.1 Å². The van der Waals surface area contributed by atoms with Gasteiger partial charge >= 0.3 is 0 Å². The van der Waals surface area contributed by atoms with Gasteiger partial charge in [0.2, 0.25) is 5.91 Å². The molecule has 0 saturated heterocycles. The standard InChI is InChI=1S/C19H17FN2O2/c1-13-5-7-14(8-6-13)17-12-21-19(24-17)10-9-18(23)22-16-4-2-3-15(20)11-16/h2-8,11-12H,9-10H2,1H3,(H,22,23). The number of hydrogen-bond donors (Lipinski definition) is 1. The Labute approximate surface area is 139 Å². The SMILES string of the molecule is Cc1ccc(-c2cnc(CCC(=O)Nc3cccc(F)c3)o2)cc1. The normalized spacial score (nSPS) is 10.6. The fraction of sp³-hybridized carbons (Fsp3) is 0.158. The first kappa shape index (κ1) is 15.9. The van der Waals surface area contributed by atoms with Crippen molar-refractivity contribution in [1.29, 1.82) is 0 Å². The van der Waals surface area contributed by atoms with Crippen LogP contribution in [0.15, 0.2) is 59.1 Å². The van der Waals surface area contributed by atoms with E-state index in [0.717, 1.165) is 5.56 Å². The van der Waals surface area contributed by atoms with Crippen LogP contribution in [-0.2, 0) is 11.2 Å². The highest BCUT2D eigenvalue weighted by Gasteiger charge is 2.09. The Morgan fingerprint density at radius 1 is 1.21 bits per heavy atom. The number of carbonyl (C=O) groups is 1. The molecule has 0 spiro atoms. The summed E-state index contributed by atoms with van der Waals surface area (Å²) in [4.78, 5) is 16.1. The van der Waals surface area contributed by atoms with E-state index in [1.807, 2.05) is 31.2 Å². The molecule has 3 rings (SSSR count). The Bertz CT molecular complexity index is 841. The summed E-state index contributed by atoms with van der Waals surface area (Å²) in [5.74, 6) is 0.578. The molecule has 0 fully saturated rings. The van der Waals surface area contributed by atoms with Crippen molar-refractivity contribution in [2.45, 2.75) is 19.8 Å². The molecule has 0 aliphatic carbocycles. The minimum atomic E-state index is -0.386. The number of amides is 1. The molecule has 0 radical (unpaired) electrons. The first-order valence-corrected chi connectivity index (χ1v) is 7.67. The zero-order chi connectivity index (χ0) is 16.9. The molecular weight excluding hydrogens is 307 g/mol. The Morgan fingerprint density at radius 3 is 2.75 bits per heavy atom. The van der Waals surface area contributed by atoms with Crippen LogP contribution in [0.2, 0.25) is 0 Å². The van der Waals surface area contributed by atoms with Crippen molar-refractivity contribution >= 4 is 11.6 Å². The van der Waals surface area contributed by atoms with Crippen molar-refractivity contribution in [3.8, 4) is 11.3 Å². The van der Waals surface area contributed by atoms with Crippen molar-refractivity contribution in [2.75, 3.05) is 5.32 Å². The second kappa shape index (κ2) is 7.08. The quantitative estimate of drug-likeness (QED) is 0.758. The second-order valence-corrected chi connectivity index (χ2v) is 5.54. The van der Waals surface area contributed by atoms with Crippen LogP contribution in [0.5, 0.6) is 0 Å². The van der Waals surface area contributed by atoms with E-state index in [2.05, 4.69) is 10.3 Å². The first-order chi connectivity index (χ1) is 11.6. The number of rotatable bonds is 5. The summed E-state index contributed by atoms with van der Waals surface area (Å²) in [6, 6.07) is 13.7. The third-order valence-corrected chi connectivity index (χ3v) is 3.56. The first-order valence-electron chi connectivity index (χ1n) is 7.67. The molecule has 4 nitrogen and oxygen atoms in total. The molecule has 0 saturated carbocycles. The average Bonchev–Trinajstić information content (AvgIpc) is 3.03. The Hall–Kier alpha value is -2.95. The van der Waals surface area contributed by atoms with Crippen molar-refractivity contribution < 1.29 is 13.6 Å². The molecule has 5 heteroatoms. The fourth-order valence-corrected chi connectivity index (χ4v) is 2.29. The lowest BCUT2D eigenvalue weighted by Gasteiger charge is -2.04. The Balaban J connectivity index is 1.57. The summed E-state index contributed by atoms with van der Waals surface area (Å²) in [6.45, 7) is 2.02. The molecule has 122 valence electrons. The van der Waals surface area contributed by atoms with Gasteiger partial charge in [0.1, 0.15) is 5.82 Å². The van der Waals surface area contributed by atoms with E-state index in [0.29, 0.717) is 23.8 Å². The molecule has 3 aromatic rings. The number of aryl methyl sites for hydroxylation is 2. The van der Waals surface area contributed by atoms with E-state index >= 15 is 0 Å². The van der Waals surface area contributed by atoms with E-state index in [9.17, 15) is 9.18 Å². The monoisotopic (exact) mass is 324 g/mol. The van der Waals surface area contributed by atoms with Gasteiger partial charge in [-0.2, -0.15) is 0 Å². The third kappa shape index (κ3) is 4.07. The average molecular weight is 324 g/mol. The van der Waals surface area contributed by atoms with Crippen LogP contribution in [0, 0.1) is 12.7 Å². The summed E-state index contributed by atoms with van der Waals surface area (Å²) in [7, 11) is 0. The summed E-state index contributed by atoms with van der Waals surface area (Å²) in [5, 5.41) is 2.65. The molecule has 0 unspecified atom stereocenters. The molecule has 1 N–H and O–H groups in total. The molecule has 0 aliphatic rings. The summed E-state index contributed by atoms with van der Waals surface area (Å²) >= 11 is 0. The maximum absolute atomic E-state index is 13.1. The number of hydrogen-bond acceptors (Lipinski definition) is 3. The number of carbonyl (C=O) groups excluding carboxylic acids is 1.